The Bertz CT molecular complexity index is 800. The molecule has 0 atom stereocenters. The Labute approximate surface area is 150 Å². The van der Waals surface area contributed by atoms with E-state index in [1.54, 1.807) is 0 Å². The van der Waals surface area contributed by atoms with Gasteiger partial charge in [-0.3, -0.25) is 0 Å². The summed E-state index contributed by atoms with van der Waals surface area (Å²) in [5, 5.41) is 0.758. The van der Waals surface area contributed by atoms with Crippen molar-refractivity contribution in [3.8, 4) is 16.9 Å². The number of nitrogens with zero attached hydrogens (tertiary/aromatic N) is 2. The number of rotatable bonds is 2. The minimum Gasteiger partial charge on any atom is -1.00 e. The van der Waals surface area contributed by atoms with Crippen molar-refractivity contribution < 1.29 is 26.3 Å². The van der Waals surface area contributed by atoms with E-state index in [4.69, 9.17) is 16.3 Å². The molecule has 2 aromatic carbocycles. The van der Waals surface area contributed by atoms with Crippen LogP contribution < -0.4 is 21.5 Å². The van der Waals surface area contributed by atoms with Gasteiger partial charge in [0.1, 0.15) is 25.0 Å². The first kappa shape index (κ1) is 16.2. The van der Waals surface area contributed by atoms with Gasteiger partial charge < -0.3 is 21.7 Å². The van der Waals surface area contributed by atoms with Crippen LogP contribution in [0.5, 0.6) is 0 Å². The van der Waals surface area contributed by atoms with Gasteiger partial charge in [-0.25, -0.2) is 4.57 Å². The van der Waals surface area contributed by atoms with Crippen LogP contribution in [0.1, 0.15) is 5.82 Å². The topological polar surface area (TPSA) is 18.0 Å². The second-order valence-electron chi connectivity index (χ2n) is 5.35. The van der Waals surface area contributed by atoms with E-state index < -0.39 is 0 Å². The van der Waals surface area contributed by atoms with Gasteiger partial charge in [0.25, 0.3) is 5.82 Å². The summed E-state index contributed by atoms with van der Waals surface area (Å²) in [5.41, 5.74) is 3.51. The fourth-order valence-corrected chi connectivity index (χ4v) is 3.04. The summed E-state index contributed by atoms with van der Waals surface area (Å²) in [6, 6.07) is 18.4. The first-order chi connectivity index (χ1) is 10.8. The zero-order chi connectivity index (χ0) is 14.9. The molecule has 0 N–H and O–H groups in total. The summed E-state index contributed by atoms with van der Waals surface area (Å²) in [4.78, 5) is 0. The maximum atomic E-state index is 6.01. The van der Waals surface area contributed by atoms with Crippen LogP contribution in [0.15, 0.2) is 60.8 Å². The molecule has 0 bridgehead atoms. The van der Waals surface area contributed by atoms with E-state index in [0.717, 1.165) is 23.9 Å². The Morgan fingerprint density at radius 1 is 1.00 bits per heavy atom. The van der Waals surface area contributed by atoms with Crippen LogP contribution in [-0.2, 0) is 17.9 Å². The Hall–Kier alpha value is -1.62. The third-order valence-corrected chi connectivity index (χ3v) is 4.25. The van der Waals surface area contributed by atoms with Crippen molar-refractivity contribution in [3.63, 3.8) is 0 Å². The zero-order valence-electron chi connectivity index (χ0n) is 12.5. The van der Waals surface area contributed by atoms with Crippen LogP contribution in [0.4, 0.5) is 0 Å². The number of hydrogen-bond donors (Lipinski definition) is 0. The summed E-state index contributed by atoms with van der Waals surface area (Å²) in [5.74, 6) is 1.17. The van der Waals surface area contributed by atoms with Crippen molar-refractivity contribution in [1.29, 1.82) is 0 Å². The quantitative estimate of drug-likeness (QED) is 0.586. The summed E-state index contributed by atoms with van der Waals surface area (Å²) >= 11 is 6.01. The van der Waals surface area contributed by atoms with E-state index >= 15 is 0 Å². The molecule has 0 spiro atoms. The van der Waals surface area contributed by atoms with Crippen molar-refractivity contribution in [3.05, 3.63) is 71.6 Å². The molecule has 1 aromatic heterocycles. The Kier molecular flexibility index (Phi) is 4.85. The van der Waals surface area contributed by atoms with E-state index in [2.05, 4.69) is 51.7 Å². The van der Waals surface area contributed by atoms with Crippen molar-refractivity contribution in [2.24, 2.45) is 0 Å². The average Bonchev–Trinajstić information content (AvgIpc) is 2.96. The van der Waals surface area contributed by atoms with Gasteiger partial charge in [-0.15, -0.1) is 0 Å². The second kappa shape index (κ2) is 6.87. The minimum atomic E-state index is 0. The van der Waals surface area contributed by atoms with Crippen LogP contribution >= 0.6 is 11.6 Å². The highest BCUT2D eigenvalue weighted by molar-refractivity contribution is 6.30. The van der Waals surface area contributed by atoms with Gasteiger partial charge in [-0.1, -0.05) is 29.8 Å². The number of imidazole rings is 1. The molecule has 5 heteroatoms. The number of hydrogen-bond acceptors (Lipinski definition) is 1. The lowest BCUT2D eigenvalue weighted by Crippen LogP contribution is -3.00. The zero-order valence-corrected chi connectivity index (χ0v) is 14.8. The van der Waals surface area contributed by atoms with Crippen molar-refractivity contribution >= 4 is 11.6 Å². The predicted molar refractivity (Wildman–Crippen MR) is 86.1 cm³/mol. The highest BCUT2D eigenvalue weighted by Crippen LogP contribution is 2.23. The summed E-state index contributed by atoms with van der Waals surface area (Å²) in [6.07, 6.45) is 2.18. The molecular formula is C18H16BrClN2O. The molecule has 4 rings (SSSR count). The number of halogens is 2. The standard InChI is InChI=1S/C18H16ClN2O.BrH/c19-15-8-6-14(7-9-15)17-12-21(16-4-2-1-3-5-16)18-13-22-11-10-20(17)18;/h1-9,12H,10-11,13H2;1H/q+1;/p-1. The van der Waals surface area contributed by atoms with Gasteiger partial charge in [0.2, 0.25) is 0 Å². The molecule has 1 aliphatic rings. The lowest BCUT2D eigenvalue weighted by molar-refractivity contribution is -0.706. The fourth-order valence-electron chi connectivity index (χ4n) is 2.92. The summed E-state index contributed by atoms with van der Waals surface area (Å²) < 4.78 is 10.2. The molecule has 3 nitrogen and oxygen atoms in total. The van der Waals surface area contributed by atoms with Gasteiger partial charge in [0, 0.05) is 10.6 Å². The molecule has 0 saturated carbocycles. The highest BCUT2D eigenvalue weighted by Gasteiger charge is 2.28. The van der Waals surface area contributed by atoms with Crippen LogP contribution in [0.25, 0.3) is 16.9 Å². The van der Waals surface area contributed by atoms with E-state index in [9.17, 15) is 0 Å². The SMILES string of the molecule is Clc1ccc(-c2cn(-c3ccccc3)c3[n+]2CCOC3)cc1.[Br-]. The summed E-state index contributed by atoms with van der Waals surface area (Å²) in [6.45, 7) is 2.24. The highest BCUT2D eigenvalue weighted by atomic mass is 79.9. The number of aromatic nitrogens is 2. The first-order valence-corrected chi connectivity index (χ1v) is 7.74. The molecule has 118 valence electrons. The van der Waals surface area contributed by atoms with Crippen LogP contribution in [0, 0.1) is 0 Å². The molecule has 0 unspecified atom stereocenters. The smallest absolute Gasteiger partial charge is 0.288 e. The lowest BCUT2D eigenvalue weighted by Gasteiger charge is -2.12. The third kappa shape index (κ3) is 3.07. The number of fused-ring (bicyclic) bond motifs is 1. The average molecular weight is 392 g/mol. The predicted octanol–water partition coefficient (Wildman–Crippen LogP) is 0.619. The molecule has 23 heavy (non-hydrogen) atoms. The molecule has 0 radical (unpaired) electrons. The van der Waals surface area contributed by atoms with Gasteiger partial charge in [0.15, 0.2) is 5.69 Å². The molecular weight excluding hydrogens is 376 g/mol. The molecule has 0 aliphatic carbocycles. The number of benzene rings is 2. The third-order valence-electron chi connectivity index (χ3n) is 4.00. The maximum Gasteiger partial charge on any atom is 0.288 e. The first-order valence-electron chi connectivity index (χ1n) is 7.36. The Morgan fingerprint density at radius 2 is 1.74 bits per heavy atom. The second-order valence-corrected chi connectivity index (χ2v) is 5.78. The van der Waals surface area contributed by atoms with Gasteiger partial charge >= 0.3 is 0 Å². The Balaban J connectivity index is 0.00000156. The monoisotopic (exact) mass is 390 g/mol. The van der Waals surface area contributed by atoms with E-state index in [-0.39, 0.29) is 17.0 Å². The fraction of sp³-hybridized carbons (Fsp3) is 0.167. The van der Waals surface area contributed by atoms with Crippen LogP contribution in [0.2, 0.25) is 5.02 Å². The van der Waals surface area contributed by atoms with Crippen LogP contribution in [0.3, 0.4) is 0 Å². The summed E-state index contributed by atoms with van der Waals surface area (Å²) in [7, 11) is 0. The molecule has 0 saturated heterocycles. The normalized spacial score (nSPS) is 13.3. The molecule has 2 heterocycles. The van der Waals surface area contributed by atoms with Crippen LogP contribution in [-0.4, -0.2) is 11.2 Å². The molecule has 0 amide bonds. The number of para-hydroxylation sites is 1. The number of ether oxygens (including phenoxy) is 1. The van der Waals surface area contributed by atoms with Crippen molar-refractivity contribution in [2.75, 3.05) is 6.61 Å². The van der Waals surface area contributed by atoms with Crippen molar-refractivity contribution in [2.45, 2.75) is 13.2 Å². The largest absolute Gasteiger partial charge is 1.00 e. The minimum absolute atomic E-state index is 0. The van der Waals surface area contributed by atoms with Gasteiger partial charge in [-0.05, 0) is 36.4 Å². The van der Waals surface area contributed by atoms with E-state index in [1.807, 2.05) is 18.2 Å². The van der Waals surface area contributed by atoms with Gasteiger partial charge in [0.05, 0.1) is 6.61 Å². The maximum absolute atomic E-state index is 6.01. The van der Waals surface area contributed by atoms with Crippen molar-refractivity contribution in [1.82, 2.24) is 4.57 Å². The Morgan fingerprint density at radius 3 is 2.48 bits per heavy atom. The molecule has 0 fully saturated rings. The van der Waals surface area contributed by atoms with Gasteiger partial charge in [-0.2, -0.15) is 4.57 Å². The molecule has 1 aliphatic heterocycles. The van der Waals surface area contributed by atoms with E-state index in [0.29, 0.717) is 6.61 Å². The molecule has 3 aromatic rings. The van der Waals surface area contributed by atoms with E-state index in [1.165, 1.54) is 17.1 Å². The lowest BCUT2D eigenvalue weighted by atomic mass is 10.1.